The summed E-state index contributed by atoms with van der Waals surface area (Å²) in [7, 11) is 0. The number of nitrogens with zero attached hydrogens (tertiary/aromatic N) is 2. The minimum Gasteiger partial charge on any atom is -0.507 e. The fourth-order valence-electron chi connectivity index (χ4n) is 2.87. The summed E-state index contributed by atoms with van der Waals surface area (Å²) in [6.07, 6.45) is 1.82. The first-order chi connectivity index (χ1) is 14.1. The summed E-state index contributed by atoms with van der Waals surface area (Å²) in [4.78, 5) is 20.2. The highest BCUT2D eigenvalue weighted by Gasteiger charge is 2.33. The number of aromatic hydroxyl groups is 1. The highest BCUT2D eigenvalue weighted by Crippen LogP contribution is 2.36. The van der Waals surface area contributed by atoms with Crippen LogP contribution in [0.1, 0.15) is 11.1 Å². The van der Waals surface area contributed by atoms with Crippen LogP contribution in [0, 0.1) is 0 Å². The van der Waals surface area contributed by atoms with Gasteiger partial charge in [-0.25, -0.2) is 4.99 Å². The fraction of sp³-hybridized carbons (Fsp3) is 0.0435. The Labute approximate surface area is 181 Å². The number of phenols is 1. The molecule has 1 saturated heterocycles. The molecule has 0 spiro atoms. The molecular weight excluding hydrogens is 448 g/mol. The molecule has 1 N–H and O–H groups in total. The number of benzene rings is 3. The van der Waals surface area contributed by atoms with Gasteiger partial charge in [-0.05, 0) is 69.2 Å². The minimum absolute atomic E-state index is 0.0854. The molecule has 144 valence electrons. The van der Waals surface area contributed by atoms with Crippen LogP contribution in [0.4, 0.5) is 5.69 Å². The van der Waals surface area contributed by atoms with E-state index in [4.69, 9.17) is 4.99 Å². The van der Waals surface area contributed by atoms with Crippen LogP contribution in [0.3, 0.4) is 0 Å². The Bertz CT molecular complexity index is 1100. The van der Waals surface area contributed by atoms with Crippen LogP contribution >= 0.6 is 27.7 Å². The number of amidine groups is 1. The number of para-hydroxylation sites is 1. The van der Waals surface area contributed by atoms with Gasteiger partial charge < -0.3 is 5.11 Å². The summed E-state index contributed by atoms with van der Waals surface area (Å²) in [6, 6.07) is 24.6. The number of aliphatic imine (C=N–C) groups is 1. The molecule has 3 aromatic carbocycles. The summed E-state index contributed by atoms with van der Waals surface area (Å²) in [5.74, 6) is 0.0762. The highest BCUT2D eigenvalue weighted by atomic mass is 79.9. The Balaban J connectivity index is 1.70. The van der Waals surface area contributed by atoms with Crippen LogP contribution in [0.2, 0.25) is 0 Å². The summed E-state index contributed by atoms with van der Waals surface area (Å²) in [5, 5.41) is 10.3. The van der Waals surface area contributed by atoms with Gasteiger partial charge in [0.2, 0.25) is 0 Å². The molecule has 29 heavy (non-hydrogen) atoms. The minimum atomic E-state index is -0.0854. The van der Waals surface area contributed by atoms with Gasteiger partial charge in [0.1, 0.15) is 5.75 Å². The maximum atomic E-state index is 13.2. The molecule has 0 radical (unpaired) electrons. The lowest BCUT2D eigenvalue weighted by molar-refractivity contribution is -0.122. The largest absolute Gasteiger partial charge is 0.507 e. The predicted molar refractivity (Wildman–Crippen MR) is 122 cm³/mol. The van der Waals surface area contributed by atoms with E-state index >= 15 is 0 Å². The molecule has 4 nitrogen and oxygen atoms in total. The average molecular weight is 465 g/mol. The fourth-order valence-corrected chi connectivity index (χ4v) is 4.27. The van der Waals surface area contributed by atoms with E-state index < -0.39 is 0 Å². The number of rotatable bonds is 4. The standard InChI is InChI=1S/C23H17BrN2O2S/c24-19-13-17(11-12-20(19)27)14-21-22(28)26(15-16-7-3-1-4-8-16)23(29-21)25-18-9-5-2-6-10-18/h1-14,27H,15H2/b21-14+,25-23?. The van der Waals surface area contributed by atoms with E-state index in [0.717, 1.165) is 16.8 Å². The summed E-state index contributed by atoms with van der Waals surface area (Å²) in [6.45, 7) is 0.453. The summed E-state index contributed by atoms with van der Waals surface area (Å²) >= 11 is 4.67. The van der Waals surface area contributed by atoms with Gasteiger partial charge in [0.15, 0.2) is 5.17 Å². The first-order valence-corrected chi connectivity index (χ1v) is 10.6. The van der Waals surface area contributed by atoms with Crippen molar-refractivity contribution in [3.63, 3.8) is 0 Å². The Morgan fingerprint density at radius 3 is 2.38 bits per heavy atom. The number of phenolic OH excluding ortho intramolecular Hbond substituents is 1. The van der Waals surface area contributed by atoms with E-state index in [2.05, 4.69) is 15.9 Å². The molecule has 0 unspecified atom stereocenters. The monoisotopic (exact) mass is 464 g/mol. The highest BCUT2D eigenvalue weighted by molar-refractivity contribution is 9.10. The lowest BCUT2D eigenvalue weighted by atomic mass is 10.2. The Kier molecular flexibility index (Phi) is 5.83. The second-order valence-corrected chi connectivity index (χ2v) is 8.29. The normalized spacial score (nSPS) is 16.7. The van der Waals surface area contributed by atoms with Crippen molar-refractivity contribution < 1.29 is 9.90 Å². The Hall–Kier alpha value is -2.83. The lowest BCUT2D eigenvalue weighted by Gasteiger charge is -2.15. The molecule has 4 rings (SSSR count). The van der Waals surface area contributed by atoms with Crippen molar-refractivity contribution >= 4 is 50.5 Å². The van der Waals surface area contributed by atoms with Gasteiger partial charge in [-0.1, -0.05) is 54.6 Å². The van der Waals surface area contributed by atoms with Gasteiger partial charge in [0.25, 0.3) is 5.91 Å². The van der Waals surface area contributed by atoms with Gasteiger partial charge >= 0.3 is 0 Å². The van der Waals surface area contributed by atoms with Crippen LogP contribution < -0.4 is 0 Å². The molecule has 0 atom stereocenters. The van der Waals surface area contributed by atoms with Crippen molar-refractivity contribution in [3.05, 3.63) is 99.4 Å². The first kappa shape index (κ1) is 19.5. The van der Waals surface area contributed by atoms with Gasteiger partial charge in [-0.15, -0.1) is 0 Å². The third-order valence-corrected chi connectivity index (χ3v) is 5.96. The molecule has 1 aliphatic rings. The average Bonchev–Trinajstić information content (AvgIpc) is 3.01. The number of hydrogen-bond donors (Lipinski definition) is 1. The zero-order valence-electron chi connectivity index (χ0n) is 15.3. The van der Waals surface area contributed by atoms with Gasteiger partial charge in [0, 0.05) is 0 Å². The van der Waals surface area contributed by atoms with Crippen LogP contribution in [0.5, 0.6) is 5.75 Å². The number of thioether (sulfide) groups is 1. The SMILES string of the molecule is O=C1/C(=C\c2ccc(O)c(Br)c2)SC(=Nc2ccccc2)N1Cc1ccccc1. The topological polar surface area (TPSA) is 52.9 Å². The third-order valence-electron chi connectivity index (χ3n) is 4.32. The van der Waals surface area contributed by atoms with Crippen LogP contribution in [-0.2, 0) is 11.3 Å². The molecular formula is C23H17BrN2O2S. The molecule has 0 saturated carbocycles. The Morgan fingerprint density at radius 1 is 1.00 bits per heavy atom. The molecule has 1 aliphatic heterocycles. The molecule has 0 aliphatic carbocycles. The van der Waals surface area contributed by atoms with E-state index in [-0.39, 0.29) is 11.7 Å². The summed E-state index contributed by atoms with van der Waals surface area (Å²) in [5.41, 5.74) is 2.66. The molecule has 6 heteroatoms. The molecule has 0 bridgehead atoms. The predicted octanol–water partition coefficient (Wildman–Crippen LogP) is 5.96. The van der Waals surface area contributed by atoms with Crippen molar-refractivity contribution in [2.45, 2.75) is 6.54 Å². The van der Waals surface area contributed by atoms with Gasteiger partial charge in [0.05, 0.1) is 21.6 Å². The zero-order valence-corrected chi connectivity index (χ0v) is 17.7. The van der Waals surface area contributed by atoms with Gasteiger partial charge in [-0.2, -0.15) is 0 Å². The van der Waals surface area contributed by atoms with Crippen molar-refractivity contribution in [3.8, 4) is 5.75 Å². The van der Waals surface area contributed by atoms with Crippen LogP contribution in [0.25, 0.3) is 6.08 Å². The van der Waals surface area contributed by atoms with Crippen molar-refractivity contribution in [2.24, 2.45) is 4.99 Å². The number of amides is 1. The van der Waals surface area contributed by atoms with Crippen molar-refractivity contribution in [2.75, 3.05) is 0 Å². The van der Waals surface area contributed by atoms with Gasteiger partial charge in [-0.3, -0.25) is 9.69 Å². The van der Waals surface area contributed by atoms with Crippen molar-refractivity contribution in [1.29, 1.82) is 0 Å². The number of carbonyl (C=O) groups excluding carboxylic acids is 1. The van der Waals surface area contributed by atoms with E-state index in [1.807, 2.05) is 66.7 Å². The van der Waals surface area contributed by atoms with Crippen molar-refractivity contribution in [1.82, 2.24) is 4.90 Å². The molecule has 3 aromatic rings. The second-order valence-electron chi connectivity index (χ2n) is 6.43. The molecule has 1 heterocycles. The van der Waals surface area contributed by atoms with E-state index in [1.54, 1.807) is 23.1 Å². The van der Waals surface area contributed by atoms with E-state index in [1.165, 1.54) is 11.8 Å². The number of hydrogen-bond acceptors (Lipinski definition) is 4. The second kappa shape index (κ2) is 8.68. The quantitative estimate of drug-likeness (QED) is 0.484. The first-order valence-electron chi connectivity index (χ1n) is 8.98. The smallest absolute Gasteiger partial charge is 0.267 e. The van der Waals surface area contributed by atoms with Crippen LogP contribution in [-0.4, -0.2) is 21.1 Å². The molecule has 1 fully saturated rings. The molecule has 1 amide bonds. The number of carbonyl (C=O) groups is 1. The van der Waals surface area contributed by atoms with E-state index in [9.17, 15) is 9.90 Å². The maximum absolute atomic E-state index is 13.2. The lowest BCUT2D eigenvalue weighted by Crippen LogP contribution is -2.28. The third kappa shape index (κ3) is 4.60. The molecule has 0 aromatic heterocycles. The zero-order chi connectivity index (χ0) is 20.2. The summed E-state index contributed by atoms with van der Waals surface area (Å²) < 4.78 is 0.585. The number of halogens is 1. The maximum Gasteiger partial charge on any atom is 0.267 e. The van der Waals surface area contributed by atoms with Crippen LogP contribution in [0.15, 0.2) is 93.2 Å². The Morgan fingerprint density at radius 2 is 1.69 bits per heavy atom. The van der Waals surface area contributed by atoms with E-state index in [0.29, 0.717) is 21.1 Å².